The number of ether oxygens (including phenoxy) is 2. The number of thiophene rings is 1. The fourth-order valence-electron chi connectivity index (χ4n) is 4.41. The van der Waals surface area contributed by atoms with E-state index in [0.29, 0.717) is 16.1 Å². The normalized spacial score (nSPS) is 13.1. The Balaban J connectivity index is 1.67. The molecule has 0 bridgehead atoms. The van der Waals surface area contributed by atoms with Crippen LogP contribution in [-0.2, 0) is 38.4 Å². The number of fused-ring (bicyclic) bond motifs is 2. The van der Waals surface area contributed by atoms with E-state index in [1.807, 2.05) is 30.3 Å². The highest BCUT2D eigenvalue weighted by Crippen LogP contribution is 2.39. The van der Waals surface area contributed by atoms with Gasteiger partial charge in [-0.15, -0.1) is 11.3 Å². The predicted octanol–water partition coefficient (Wildman–Crippen LogP) is 4.87. The molecule has 0 aliphatic heterocycles. The number of aromatic nitrogens is 1. The lowest BCUT2D eigenvalue weighted by Crippen LogP contribution is -2.16. The summed E-state index contributed by atoms with van der Waals surface area (Å²) in [4.78, 5) is 39.0. The molecular formula is C27H27N3O5S. The third-order valence-electron chi connectivity index (χ3n) is 5.97. The highest BCUT2D eigenvalue weighted by atomic mass is 32.1. The summed E-state index contributed by atoms with van der Waals surface area (Å²) in [7, 11) is 0. The van der Waals surface area contributed by atoms with Crippen LogP contribution in [0.1, 0.15) is 53.1 Å². The van der Waals surface area contributed by atoms with Gasteiger partial charge in [0, 0.05) is 27.5 Å². The second-order valence-corrected chi connectivity index (χ2v) is 9.40. The van der Waals surface area contributed by atoms with Crippen LogP contribution in [-0.4, -0.2) is 35.6 Å². The van der Waals surface area contributed by atoms with Gasteiger partial charge >= 0.3 is 11.9 Å². The molecule has 2 heterocycles. The second-order valence-electron chi connectivity index (χ2n) is 8.29. The lowest BCUT2D eigenvalue weighted by atomic mass is 9.95. The number of carbonyl (C=O) groups is 3. The van der Waals surface area contributed by atoms with E-state index in [-0.39, 0.29) is 31.3 Å². The largest absolute Gasteiger partial charge is 0.465 e. The summed E-state index contributed by atoms with van der Waals surface area (Å²) in [6.07, 6.45) is 6.84. The first-order chi connectivity index (χ1) is 17.5. The minimum atomic E-state index is -0.608. The topological polar surface area (TPSA) is 110 Å². The van der Waals surface area contributed by atoms with Gasteiger partial charge in [-0.1, -0.05) is 18.2 Å². The first-order valence-corrected chi connectivity index (χ1v) is 12.8. The zero-order chi connectivity index (χ0) is 25.7. The van der Waals surface area contributed by atoms with Crippen LogP contribution in [0, 0.1) is 11.3 Å². The number of amides is 1. The molecule has 3 aromatic rings. The number of hydrogen-bond donors (Lipinski definition) is 1. The van der Waals surface area contributed by atoms with Crippen molar-refractivity contribution in [3.05, 3.63) is 57.6 Å². The fraction of sp³-hybridized carbons (Fsp3) is 0.333. The smallest absolute Gasteiger partial charge is 0.341 e. The molecule has 8 nitrogen and oxygen atoms in total. The van der Waals surface area contributed by atoms with Crippen molar-refractivity contribution in [1.29, 1.82) is 5.26 Å². The Labute approximate surface area is 213 Å². The Kier molecular flexibility index (Phi) is 7.86. The monoisotopic (exact) mass is 505 g/mol. The van der Waals surface area contributed by atoms with Gasteiger partial charge in [-0.05, 0) is 57.2 Å². The van der Waals surface area contributed by atoms with Crippen molar-refractivity contribution in [2.45, 2.75) is 46.1 Å². The summed E-state index contributed by atoms with van der Waals surface area (Å²) < 4.78 is 12.1. The van der Waals surface area contributed by atoms with Crippen LogP contribution in [0.25, 0.3) is 17.0 Å². The van der Waals surface area contributed by atoms with Gasteiger partial charge in [-0.25, -0.2) is 4.79 Å². The lowest BCUT2D eigenvalue weighted by molar-refractivity contribution is -0.143. The van der Waals surface area contributed by atoms with Gasteiger partial charge in [-0.3, -0.25) is 9.59 Å². The number of nitriles is 1. The molecule has 186 valence electrons. The first kappa shape index (κ1) is 25.2. The maximum Gasteiger partial charge on any atom is 0.341 e. The zero-order valence-electron chi connectivity index (χ0n) is 20.3. The molecule has 0 saturated heterocycles. The summed E-state index contributed by atoms with van der Waals surface area (Å²) in [6.45, 7) is 4.01. The Morgan fingerprint density at radius 2 is 1.89 bits per heavy atom. The Morgan fingerprint density at radius 3 is 2.64 bits per heavy atom. The van der Waals surface area contributed by atoms with E-state index in [1.165, 1.54) is 17.4 Å². The molecule has 0 radical (unpaired) electrons. The number of nitrogens with one attached hydrogen (secondary N) is 1. The molecule has 0 spiro atoms. The van der Waals surface area contributed by atoms with E-state index in [0.717, 1.165) is 47.0 Å². The van der Waals surface area contributed by atoms with Crippen LogP contribution < -0.4 is 5.32 Å². The van der Waals surface area contributed by atoms with Crippen LogP contribution in [0.2, 0.25) is 0 Å². The molecule has 1 aliphatic rings. The maximum atomic E-state index is 13.2. The van der Waals surface area contributed by atoms with Crippen LogP contribution in [0.3, 0.4) is 0 Å². The minimum Gasteiger partial charge on any atom is -0.465 e. The number of rotatable bonds is 8. The second kappa shape index (κ2) is 11.2. The van der Waals surface area contributed by atoms with Gasteiger partial charge < -0.3 is 19.4 Å². The molecule has 1 N–H and O–H groups in total. The molecule has 2 aromatic heterocycles. The number of aryl methyl sites for hydroxylation is 1. The summed E-state index contributed by atoms with van der Waals surface area (Å²) in [6, 6.07) is 9.40. The quantitative estimate of drug-likeness (QED) is 0.266. The lowest BCUT2D eigenvalue weighted by Gasteiger charge is -2.12. The summed E-state index contributed by atoms with van der Waals surface area (Å²) in [5.74, 6) is -1.44. The SMILES string of the molecule is CCOC(=O)Cn1cc(C=C(C#N)C(=O)Nc2sc3c(c2C(=O)OCC)CCCC3)c2ccccc21. The third kappa shape index (κ3) is 5.19. The number of nitrogens with zero attached hydrogens (tertiary/aromatic N) is 2. The molecule has 1 aliphatic carbocycles. The van der Waals surface area contributed by atoms with Crippen LogP contribution >= 0.6 is 11.3 Å². The van der Waals surface area contributed by atoms with Crippen molar-refractivity contribution in [1.82, 2.24) is 4.57 Å². The van der Waals surface area contributed by atoms with Gasteiger partial charge in [-0.2, -0.15) is 5.26 Å². The van der Waals surface area contributed by atoms with Crippen molar-refractivity contribution in [3.63, 3.8) is 0 Å². The van der Waals surface area contributed by atoms with Gasteiger partial charge in [0.25, 0.3) is 5.91 Å². The molecule has 9 heteroatoms. The minimum absolute atomic E-state index is 0.0138. The average molecular weight is 506 g/mol. The molecule has 36 heavy (non-hydrogen) atoms. The third-order valence-corrected chi connectivity index (χ3v) is 7.17. The van der Waals surface area contributed by atoms with Crippen LogP contribution in [0.5, 0.6) is 0 Å². The number of para-hydroxylation sites is 1. The summed E-state index contributed by atoms with van der Waals surface area (Å²) >= 11 is 1.37. The van der Waals surface area contributed by atoms with Crippen LogP contribution in [0.4, 0.5) is 5.00 Å². The molecule has 1 aromatic carbocycles. The van der Waals surface area contributed by atoms with E-state index in [4.69, 9.17) is 9.47 Å². The molecule has 4 rings (SSSR count). The van der Waals surface area contributed by atoms with Crippen molar-refractivity contribution in [2.24, 2.45) is 0 Å². The highest BCUT2D eigenvalue weighted by molar-refractivity contribution is 7.17. The van der Waals surface area contributed by atoms with Gasteiger partial charge in [0.1, 0.15) is 23.2 Å². The number of anilines is 1. The van der Waals surface area contributed by atoms with E-state index in [2.05, 4.69) is 5.32 Å². The standard InChI is InChI=1S/C27H27N3O5S/c1-3-34-23(31)16-30-15-18(19-9-5-7-11-21(19)30)13-17(14-28)25(32)29-26-24(27(33)35-4-2)20-10-6-8-12-22(20)36-26/h5,7,9,11,13,15H,3-4,6,8,10,12,16H2,1-2H3,(H,29,32). The molecular weight excluding hydrogens is 478 g/mol. The highest BCUT2D eigenvalue weighted by Gasteiger charge is 2.28. The number of carbonyl (C=O) groups excluding carboxylic acids is 3. The van der Waals surface area contributed by atoms with Crippen molar-refractivity contribution in [3.8, 4) is 6.07 Å². The Hall–Kier alpha value is -3.90. The van der Waals surface area contributed by atoms with E-state index < -0.39 is 11.9 Å². The van der Waals surface area contributed by atoms with Crippen molar-refractivity contribution in [2.75, 3.05) is 18.5 Å². The molecule has 0 atom stereocenters. The molecule has 0 fully saturated rings. The number of esters is 2. The van der Waals surface area contributed by atoms with E-state index in [1.54, 1.807) is 24.6 Å². The number of benzene rings is 1. The van der Waals surface area contributed by atoms with E-state index in [9.17, 15) is 19.6 Å². The average Bonchev–Trinajstić information content (AvgIpc) is 3.40. The fourth-order valence-corrected chi connectivity index (χ4v) is 5.69. The van der Waals surface area contributed by atoms with Crippen LogP contribution in [0.15, 0.2) is 36.0 Å². The molecule has 0 unspecified atom stereocenters. The Morgan fingerprint density at radius 1 is 1.14 bits per heavy atom. The van der Waals surface area contributed by atoms with Crippen molar-refractivity contribution < 1.29 is 23.9 Å². The predicted molar refractivity (Wildman–Crippen MR) is 138 cm³/mol. The number of hydrogen-bond acceptors (Lipinski definition) is 7. The van der Waals surface area contributed by atoms with Gasteiger partial charge in [0.2, 0.25) is 0 Å². The van der Waals surface area contributed by atoms with Crippen molar-refractivity contribution >= 4 is 51.2 Å². The summed E-state index contributed by atoms with van der Waals surface area (Å²) in [5, 5.41) is 13.8. The molecule has 1 amide bonds. The van der Waals surface area contributed by atoms with E-state index >= 15 is 0 Å². The van der Waals surface area contributed by atoms with Gasteiger partial charge in [0.15, 0.2) is 0 Å². The van der Waals surface area contributed by atoms with Gasteiger partial charge in [0.05, 0.1) is 18.8 Å². The molecule has 0 saturated carbocycles. The maximum absolute atomic E-state index is 13.2. The zero-order valence-corrected chi connectivity index (χ0v) is 21.1. The first-order valence-electron chi connectivity index (χ1n) is 11.9. The Bertz CT molecular complexity index is 1390. The summed E-state index contributed by atoms with van der Waals surface area (Å²) in [5.41, 5.74) is 2.62.